The van der Waals surface area contributed by atoms with E-state index in [0.29, 0.717) is 35.0 Å². The number of aromatic nitrogens is 2. The molecule has 2 aromatic rings. The number of rotatable bonds is 3. The first-order valence-electron chi connectivity index (χ1n) is 6.23. The fourth-order valence-corrected chi connectivity index (χ4v) is 2.60. The highest BCUT2D eigenvalue weighted by molar-refractivity contribution is 9.10. The van der Waals surface area contributed by atoms with E-state index >= 15 is 0 Å². The van der Waals surface area contributed by atoms with Crippen molar-refractivity contribution in [2.24, 2.45) is 0 Å². The monoisotopic (exact) mass is 341 g/mol. The number of benzene rings is 1. The van der Waals surface area contributed by atoms with E-state index in [4.69, 9.17) is 9.26 Å². The lowest BCUT2D eigenvalue weighted by atomic mass is 10.0. The van der Waals surface area contributed by atoms with Crippen LogP contribution in [0.3, 0.4) is 0 Å². The Morgan fingerprint density at radius 1 is 1.40 bits per heavy atom. The normalized spacial score (nSPS) is 22.4. The highest BCUT2D eigenvalue weighted by Gasteiger charge is 2.33. The van der Waals surface area contributed by atoms with Gasteiger partial charge in [0, 0.05) is 11.6 Å². The molecule has 2 atom stereocenters. The van der Waals surface area contributed by atoms with Gasteiger partial charge in [-0.15, -0.1) is 0 Å². The second-order valence-corrected chi connectivity index (χ2v) is 5.48. The summed E-state index contributed by atoms with van der Waals surface area (Å²) in [7, 11) is 1.88. The number of nitrogens with zero attached hydrogens (tertiary/aromatic N) is 2. The van der Waals surface area contributed by atoms with Crippen LogP contribution < -0.4 is 5.32 Å². The SMILES string of the molecule is CNC1COCC1c1nc(-c2ccc(F)c(Br)c2)no1. The van der Waals surface area contributed by atoms with E-state index in [1.54, 1.807) is 12.1 Å². The van der Waals surface area contributed by atoms with Gasteiger partial charge in [0.15, 0.2) is 0 Å². The van der Waals surface area contributed by atoms with Gasteiger partial charge in [0.2, 0.25) is 11.7 Å². The van der Waals surface area contributed by atoms with Crippen LogP contribution in [0, 0.1) is 5.82 Å². The Morgan fingerprint density at radius 3 is 3.00 bits per heavy atom. The molecule has 1 saturated heterocycles. The molecule has 106 valence electrons. The molecule has 1 aromatic carbocycles. The van der Waals surface area contributed by atoms with Crippen molar-refractivity contribution in [2.75, 3.05) is 20.3 Å². The summed E-state index contributed by atoms with van der Waals surface area (Å²) >= 11 is 3.15. The van der Waals surface area contributed by atoms with Gasteiger partial charge in [-0.25, -0.2) is 4.39 Å². The van der Waals surface area contributed by atoms with E-state index in [1.807, 2.05) is 7.05 Å². The van der Waals surface area contributed by atoms with Gasteiger partial charge in [0.1, 0.15) is 5.82 Å². The van der Waals surface area contributed by atoms with E-state index in [0.717, 1.165) is 0 Å². The fraction of sp³-hybridized carbons (Fsp3) is 0.385. The lowest BCUT2D eigenvalue weighted by Crippen LogP contribution is -2.31. The molecule has 1 aliphatic rings. The van der Waals surface area contributed by atoms with E-state index in [-0.39, 0.29) is 17.8 Å². The summed E-state index contributed by atoms with van der Waals surface area (Å²) in [4.78, 5) is 4.39. The molecule has 0 spiro atoms. The minimum absolute atomic E-state index is 0.0464. The average molecular weight is 342 g/mol. The summed E-state index contributed by atoms with van der Waals surface area (Å²) in [5.74, 6) is 0.710. The molecule has 1 fully saturated rings. The molecule has 0 radical (unpaired) electrons. The Hall–Kier alpha value is -1.31. The Kier molecular flexibility index (Phi) is 3.82. The molecular formula is C13H13BrFN3O2. The molecule has 7 heteroatoms. The van der Waals surface area contributed by atoms with Crippen molar-refractivity contribution in [1.29, 1.82) is 0 Å². The van der Waals surface area contributed by atoms with Crippen LogP contribution in [0.5, 0.6) is 0 Å². The first-order chi connectivity index (χ1) is 9.69. The first kappa shape index (κ1) is 13.7. The number of hydrogen-bond acceptors (Lipinski definition) is 5. The third-order valence-electron chi connectivity index (χ3n) is 3.39. The average Bonchev–Trinajstić information content (AvgIpc) is 3.09. The van der Waals surface area contributed by atoms with Gasteiger partial charge < -0.3 is 14.6 Å². The second-order valence-electron chi connectivity index (χ2n) is 4.62. The zero-order valence-electron chi connectivity index (χ0n) is 10.8. The number of likely N-dealkylation sites (N-methyl/N-ethyl adjacent to an activating group) is 1. The van der Waals surface area contributed by atoms with Gasteiger partial charge >= 0.3 is 0 Å². The maximum atomic E-state index is 13.2. The maximum Gasteiger partial charge on any atom is 0.234 e. The fourth-order valence-electron chi connectivity index (χ4n) is 2.22. The highest BCUT2D eigenvalue weighted by atomic mass is 79.9. The third kappa shape index (κ3) is 2.48. The lowest BCUT2D eigenvalue weighted by molar-refractivity contribution is 0.185. The van der Waals surface area contributed by atoms with Gasteiger partial charge in [0.25, 0.3) is 0 Å². The maximum absolute atomic E-state index is 13.2. The van der Waals surface area contributed by atoms with Gasteiger partial charge in [0.05, 0.1) is 23.6 Å². The van der Waals surface area contributed by atoms with Crippen molar-refractivity contribution in [3.05, 3.63) is 34.4 Å². The van der Waals surface area contributed by atoms with Crippen LogP contribution >= 0.6 is 15.9 Å². The van der Waals surface area contributed by atoms with Crippen molar-refractivity contribution in [3.63, 3.8) is 0 Å². The molecule has 2 heterocycles. The Bertz CT molecular complexity index is 619. The smallest absolute Gasteiger partial charge is 0.234 e. The third-order valence-corrected chi connectivity index (χ3v) is 4.00. The number of halogens is 2. The molecule has 20 heavy (non-hydrogen) atoms. The molecule has 0 aliphatic carbocycles. The van der Waals surface area contributed by atoms with Crippen LogP contribution in [0.4, 0.5) is 4.39 Å². The van der Waals surface area contributed by atoms with E-state index in [9.17, 15) is 4.39 Å². The van der Waals surface area contributed by atoms with E-state index in [2.05, 4.69) is 31.4 Å². The van der Waals surface area contributed by atoms with Crippen molar-refractivity contribution in [2.45, 2.75) is 12.0 Å². The number of hydrogen-bond donors (Lipinski definition) is 1. The van der Waals surface area contributed by atoms with Gasteiger partial charge in [-0.1, -0.05) is 5.16 Å². The zero-order chi connectivity index (χ0) is 14.1. The summed E-state index contributed by atoms with van der Waals surface area (Å²) in [6.07, 6.45) is 0. The van der Waals surface area contributed by atoms with Crippen molar-refractivity contribution >= 4 is 15.9 Å². The summed E-state index contributed by atoms with van der Waals surface area (Å²) < 4.78 is 24.3. The van der Waals surface area contributed by atoms with Crippen LogP contribution in [-0.4, -0.2) is 36.4 Å². The molecular weight excluding hydrogens is 329 g/mol. The molecule has 0 bridgehead atoms. The van der Waals surface area contributed by atoms with E-state index in [1.165, 1.54) is 6.07 Å². The summed E-state index contributed by atoms with van der Waals surface area (Å²) in [5, 5.41) is 7.13. The highest BCUT2D eigenvalue weighted by Crippen LogP contribution is 2.28. The van der Waals surface area contributed by atoms with Crippen LogP contribution in [0.25, 0.3) is 11.4 Å². The van der Waals surface area contributed by atoms with Crippen molar-refractivity contribution in [3.8, 4) is 11.4 Å². The molecule has 2 unspecified atom stereocenters. The van der Waals surface area contributed by atoms with Crippen LogP contribution in [0.1, 0.15) is 11.8 Å². The molecule has 1 N–H and O–H groups in total. The number of nitrogens with one attached hydrogen (secondary N) is 1. The molecule has 0 saturated carbocycles. The topological polar surface area (TPSA) is 60.2 Å². The zero-order valence-corrected chi connectivity index (χ0v) is 12.4. The van der Waals surface area contributed by atoms with Crippen LogP contribution in [-0.2, 0) is 4.74 Å². The Balaban J connectivity index is 1.88. The molecule has 3 rings (SSSR count). The molecule has 1 aliphatic heterocycles. The second kappa shape index (κ2) is 5.59. The predicted molar refractivity (Wildman–Crippen MR) is 73.8 cm³/mol. The summed E-state index contributed by atoms with van der Waals surface area (Å²) in [5.41, 5.74) is 0.702. The van der Waals surface area contributed by atoms with Crippen LogP contribution in [0.15, 0.2) is 27.2 Å². The lowest BCUT2D eigenvalue weighted by Gasteiger charge is -2.11. The van der Waals surface area contributed by atoms with Crippen LogP contribution in [0.2, 0.25) is 0 Å². The quantitative estimate of drug-likeness (QED) is 0.928. The first-order valence-corrected chi connectivity index (χ1v) is 7.02. The Morgan fingerprint density at radius 2 is 2.25 bits per heavy atom. The largest absolute Gasteiger partial charge is 0.379 e. The van der Waals surface area contributed by atoms with Gasteiger partial charge in [-0.2, -0.15) is 4.98 Å². The Labute approximate surface area is 123 Å². The number of ether oxygens (including phenoxy) is 1. The summed E-state index contributed by atoms with van der Waals surface area (Å²) in [6, 6.07) is 4.79. The molecule has 5 nitrogen and oxygen atoms in total. The predicted octanol–water partition coefficient (Wildman–Crippen LogP) is 2.34. The van der Waals surface area contributed by atoms with Gasteiger partial charge in [-0.3, -0.25) is 0 Å². The minimum Gasteiger partial charge on any atom is -0.379 e. The van der Waals surface area contributed by atoms with Crippen molar-refractivity contribution < 1.29 is 13.7 Å². The van der Waals surface area contributed by atoms with Crippen molar-refractivity contribution in [1.82, 2.24) is 15.5 Å². The minimum atomic E-state index is -0.322. The molecule has 1 aromatic heterocycles. The van der Waals surface area contributed by atoms with Gasteiger partial charge in [-0.05, 0) is 41.2 Å². The standard InChI is InChI=1S/C13H13BrFN3O2/c1-16-11-6-19-5-8(11)13-17-12(18-20-13)7-2-3-10(15)9(14)4-7/h2-4,8,11,16H,5-6H2,1H3. The molecule has 0 amide bonds. The van der Waals surface area contributed by atoms with E-state index < -0.39 is 0 Å². The summed E-state index contributed by atoms with van der Waals surface area (Å²) in [6.45, 7) is 1.18.